The Morgan fingerprint density at radius 3 is 2.76 bits per heavy atom. The minimum atomic E-state index is -0.566. The third-order valence-electron chi connectivity index (χ3n) is 5.83. The first-order valence-corrected chi connectivity index (χ1v) is 11.9. The van der Waals surface area contributed by atoms with Gasteiger partial charge in [0.2, 0.25) is 5.91 Å². The highest BCUT2D eigenvalue weighted by atomic mass is 35.5. The van der Waals surface area contributed by atoms with Gasteiger partial charge in [-0.3, -0.25) is 4.79 Å². The number of nitrogens with one attached hydrogen (secondary N) is 2. The van der Waals surface area contributed by atoms with Gasteiger partial charge in [-0.1, -0.05) is 23.7 Å². The lowest BCUT2D eigenvalue weighted by Crippen LogP contribution is -2.41. The summed E-state index contributed by atoms with van der Waals surface area (Å²) in [5, 5.41) is 14.5. The molecule has 1 atom stereocenters. The van der Waals surface area contributed by atoms with E-state index in [1.165, 1.54) is 0 Å². The summed E-state index contributed by atoms with van der Waals surface area (Å²) in [5.74, 6) is 0.138. The summed E-state index contributed by atoms with van der Waals surface area (Å²) in [6.45, 7) is 6.31. The topological polar surface area (TPSA) is 94.7 Å². The number of ether oxygens (including phenoxy) is 1. The number of halogens is 1. The van der Waals surface area contributed by atoms with E-state index in [9.17, 15) is 14.7 Å². The van der Waals surface area contributed by atoms with Crippen molar-refractivity contribution in [3.63, 3.8) is 0 Å². The molecule has 180 valence electrons. The molecule has 2 heterocycles. The van der Waals surface area contributed by atoms with Crippen molar-refractivity contribution in [2.45, 2.75) is 51.7 Å². The Labute approximate surface area is 204 Å². The van der Waals surface area contributed by atoms with Crippen LogP contribution in [0, 0.1) is 0 Å². The number of H-pyrrole nitrogens is 1. The SMILES string of the molecule is CC(C)(C)OC(=O)NCCCC(=O)N1CCc2c([nH]c3ccc(Cl)cc23)C1c1cccc(O)c1. The van der Waals surface area contributed by atoms with E-state index in [-0.39, 0.29) is 24.1 Å². The number of carbonyl (C=O) groups is 2. The second-order valence-electron chi connectivity index (χ2n) is 9.57. The monoisotopic (exact) mass is 483 g/mol. The van der Waals surface area contributed by atoms with Crippen LogP contribution in [-0.4, -0.2) is 45.7 Å². The van der Waals surface area contributed by atoms with Crippen LogP contribution in [0.2, 0.25) is 5.02 Å². The average Bonchev–Trinajstić information content (AvgIpc) is 3.12. The van der Waals surface area contributed by atoms with E-state index in [0.717, 1.165) is 27.7 Å². The van der Waals surface area contributed by atoms with Crippen LogP contribution in [0.25, 0.3) is 10.9 Å². The first-order chi connectivity index (χ1) is 16.1. The third kappa shape index (κ3) is 5.30. The van der Waals surface area contributed by atoms with E-state index >= 15 is 0 Å². The van der Waals surface area contributed by atoms with E-state index in [4.69, 9.17) is 16.3 Å². The molecule has 2 aromatic carbocycles. The minimum absolute atomic E-state index is 0.0123. The van der Waals surface area contributed by atoms with Gasteiger partial charge in [-0.05, 0) is 75.1 Å². The molecule has 1 aliphatic heterocycles. The Morgan fingerprint density at radius 2 is 2.03 bits per heavy atom. The number of aromatic hydroxyl groups is 1. The summed E-state index contributed by atoms with van der Waals surface area (Å²) in [4.78, 5) is 30.5. The molecule has 8 heteroatoms. The summed E-state index contributed by atoms with van der Waals surface area (Å²) in [6, 6.07) is 12.4. The van der Waals surface area contributed by atoms with Crippen molar-refractivity contribution in [2.24, 2.45) is 0 Å². The molecule has 0 saturated carbocycles. The van der Waals surface area contributed by atoms with Crippen LogP contribution in [-0.2, 0) is 16.0 Å². The number of amides is 2. The van der Waals surface area contributed by atoms with E-state index in [2.05, 4.69) is 10.3 Å². The smallest absolute Gasteiger partial charge is 0.407 e. The van der Waals surface area contributed by atoms with Gasteiger partial charge in [-0.2, -0.15) is 0 Å². The van der Waals surface area contributed by atoms with Crippen molar-refractivity contribution >= 4 is 34.5 Å². The average molecular weight is 484 g/mol. The van der Waals surface area contributed by atoms with Crippen molar-refractivity contribution in [3.8, 4) is 5.75 Å². The largest absolute Gasteiger partial charge is 0.508 e. The zero-order chi connectivity index (χ0) is 24.5. The number of carbonyl (C=O) groups excluding carboxylic acids is 2. The number of fused-ring (bicyclic) bond motifs is 3. The molecule has 1 aromatic heterocycles. The van der Waals surface area contributed by atoms with E-state index in [0.29, 0.717) is 31.0 Å². The van der Waals surface area contributed by atoms with Gasteiger partial charge in [-0.15, -0.1) is 0 Å². The number of rotatable bonds is 5. The van der Waals surface area contributed by atoms with Gasteiger partial charge in [0.1, 0.15) is 11.4 Å². The predicted octanol–water partition coefficient (Wildman–Crippen LogP) is 5.31. The number of hydrogen-bond donors (Lipinski definition) is 3. The van der Waals surface area contributed by atoms with Crippen LogP contribution >= 0.6 is 11.6 Å². The number of hydrogen-bond acceptors (Lipinski definition) is 4. The highest BCUT2D eigenvalue weighted by Gasteiger charge is 2.34. The highest BCUT2D eigenvalue weighted by Crippen LogP contribution is 2.40. The Hall–Kier alpha value is -3.19. The standard InChI is InChI=1S/C26H30ClN3O4/c1-26(2,3)34-25(33)28-12-5-8-22(32)30-13-11-19-20-15-17(27)9-10-21(20)29-23(19)24(30)16-6-4-7-18(31)14-16/h4,6-7,9-10,14-15,24,29,31H,5,8,11-13H2,1-3H3,(H,28,33). The molecule has 3 N–H and O–H groups in total. The lowest BCUT2D eigenvalue weighted by molar-refractivity contribution is -0.133. The molecule has 1 unspecified atom stereocenters. The second kappa shape index (κ2) is 9.58. The molecule has 3 aromatic rings. The summed E-state index contributed by atoms with van der Waals surface area (Å²) in [7, 11) is 0. The fourth-order valence-corrected chi connectivity index (χ4v) is 4.63. The Morgan fingerprint density at radius 1 is 1.24 bits per heavy atom. The summed E-state index contributed by atoms with van der Waals surface area (Å²) >= 11 is 6.25. The first kappa shape index (κ1) is 24.0. The molecule has 2 amide bonds. The number of alkyl carbamates (subject to hydrolysis) is 1. The van der Waals surface area contributed by atoms with E-state index < -0.39 is 11.7 Å². The van der Waals surface area contributed by atoms with Crippen molar-refractivity contribution < 1.29 is 19.4 Å². The molecule has 0 bridgehead atoms. The Balaban J connectivity index is 1.54. The van der Waals surface area contributed by atoms with Crippen LogP contribution in [0.15, 0.2) is 42.5 Å². The third-order valence-corrected chi connectivity index (χ3v) is 6.07. The molecule has 0 saturated heterocycles. The maximum atomic E-state index is 13.3. The molecule has 34 heavy (non-hydrogen) atoms. The van der Waals surface area contributed by atoms with Crippen LogP contribution in [0.5, 0.6) is 5.75 Å². The molecule has 0 aliphatic carbocycles. The zero-order valence-electron chi connectivity index (χ0n) is 19.7. The molecular formula is C26H30ClN3O4. The molecule has 0 spiro atoms. The number of aromatic amines is 1. The molecule has 7 nitrogen and oxygen atoms in total. The van der Waals surface area contributed by atoms with Gasteiger partial charge in [0.15, 0.2) is 0 Å². The number of nitrogens with zero attached hydrogens (tertiary/aromatic N) is 1. The highest BCUT2D eigenvalue weighted by molar-refractivity contribution is 6.31. The summed E-state index contributed by atoms with van der Waals surface area (Å²) in [6.07, 6.45) is 0.993. The van der Waals surface area contributed by atoms with Crippen LogP contribution < -0.4 is 5.32 Å². The van der Waals surface area contributed by atoms with Gasteiger partial charge < -0.3 is 25.0 Å². The van der Waals surface area contributed by atoms with Gasteiger partial charge in [0.25, 0.3) is 0 Å². The molecule has 0 fully saturated rings. The van der Waals surface area contributed by atoms with Crippen LogP contribution in [0.4, 0.5) is 4.79 Å². The quantitative estimate of drug-likeness (QED) is 0.429. The number of aromatic nitrogens is 1. The van der Waals surface area contributed by atoms with Gasteiger partial charge >= 0.3 is 6.09 Å². The number of phenolic OH excluding ortho intramolecular Hbond substituents is 1. The maximum Gasteiger partial charge on any atom is 0.407 e. The van der Waals surface area contributed by atoms with Crippen molar-refractivity contribution in [1.82, 2.24) is 15.2 Å². The van der Waals surface area contributed by atoms with Gasteiger partial charge in [-0.25, -0.2) is 4.79 Å². The molecule has 0 radical (unpaired) electrons. The van der Waals surface area contributed by atoms with Crippen molar-refractivity contribution in [3.05, 3.63) is 64.3 Å². The first-order valence-electron chi connectivity index (χ1n) is 11.5. The van der Waals surface area contributed by atoms with Crippen molar-refractivity contribution in [2.75, 3.05) is 13.1 Å². The van der Waals surface area contributed by atoms with Crippen LogP contribution in [0.3, 0.4) is 0 Å². The Kier molecular flexibility index (Phi) is 6.75. The lowest BCUT2D eigenvalue weighted by atomic mass is 9.92. The zero-order valence-corrected chi connectivity index (χ0v) is 20.4. The fourth-order valence-electron chi connectivity index (χ4n) is 4.46. The minimum Gasteiger partial charge on any atom is -0.508 e. The number of phenols is 1. The van der Waals surface area contributed by atoms with Gasteiger partial charge in [0.05, 0.1) is 6.04 Å². The lowest BCUT2D eigenvalue weighted by Gasteiger charge is -2.36. The molecular weight excluding hydrogens is 454 g/mol. The summed E-state index contributed by atoms with van der Waals surface area (Å²) in [5.41, 5.74) is 3.31. The summed E-state index contributed by atoms with van der Waals surface area (Å²) < 4.78 is 5.24. The number of benzene rings is 2. The maximum absolute atomic E-state index is 13.3. The predicted molar refractivity (Wildman–Crippen MR) is 132 cm³/mol. The molecule has 4 rings (SSSR count). The fraction of sp³-hybridized carbons (Fsp3) is 0.385. The van der Waals surface area contributed by atoms with Crippen LogP contribution in [0.1, 0.15) is 56.5 Å². The van der Waals surface area contributed by atoms with Gasteiger partial charge in [0, 0.05) is 41.1 Å². The Bertz CT molecular complexity index is 1210. The normalized spacial score (nSPS) is 15.8. The molecule has 1 aliphatic rings. The van der Waals surface area contributed by atoms with E-state index in [1.54, 1.807) is 39.0 Å². The van der Waals surface area contributed by atoms with E-state index in [1.807, 2.05) is 29.2 Å². The van der Waals surface area contributed by atoms with Crippen molar-refractivity contribution in [1.29, 1.82) is 0 Å². The second-order valence-corrected chi connectivity index (χ2v) is 10.0.